The van der Waals surface area contributed by atoms with E-state index >= 15 is 0 Å². The van der Waals surface area contributed by atoms with Gasteiger partial charge in [-0.1, -0.05) is 0 Å². The quantitative estimate of drug-likeness (QED) is 0.639. The molecule has 7 heteroatoms. The van der Waals surface area contributed by atoms with Crippen LogP contribution < -0.4 is 5.73 Å². The zero-order chi connectivity index (χ0) is 11.3. The van der Waals surface area contributed by atoms with E-state index in [1.807, 2.05) is 0 Å². The minimum absolute atomic E-state index is 0.114. The molecule has 1 heterocycles. The number of hydrogen-bond donors (Lipinski definition) is 1. The molecule has 1 unspecified atom stereocenters. The fourth-order valence-corrected chi connectivity index (χ4v) is 1.82. The fraction of sp³-hybridized carbons (Fsp3) is 0.500. The Morgan fingerprint density at radius 1 is 1.47 bits per heavy atom. The Kier molecular flexibility index (Phi) is 4.34. The molecule has 0 saturated carbocycles. The van der Waals surface area contributed by atoms with E-state index in [-0.39, 0.29) is 5.75 Å². The van der Waals surface area contributed by atoms with Crippen molar-refractivity contribution in [1.82, 2.24) is 9.97 Å². The molecule has 84 valence electrons. The van der Waals surface area contributed by atoms with Crippen molar-refractivity contribution >= 4 is 11.8 Å². The van der Waals surface area contributed by atoms with Crippen LogP contribution >= 0.6 is 11.8 Å². The van der Waals surface area contributed by atoms with Crippen molar-refractivity contribution in [2.45, 2.75) is 11.2 Å². The molecule has 15 heavy (non-hydrogen) atoms. The number of aromatic nitrogens is 2. The Balaban J connectivity index is 2.49. The van der Waals surface area contributed by atoms with E-state index < -0.39 is 18.6 Å². The summed E-state index contributed by atoms with van der Waals surface area (Å²) in [6, 6.07) is 1.56. The third-order valence-corrected chi connectivity index (χ3v) is 2.84. The summed E-state index contributed by atoms with van der Waals surface area (Å²) in [5.41, 5.74) is 5.06. The SMILES string of the molecule is NCC(CSc1ccncn1)C(F)(F)F. The predicted molar refractivity (Wildman–Crippen MR) is 51.4 cm³/mol. The molecule has 2 N–H and O–H groups in total. The summed E-state index contributed by atoms with van der Waals surface area (Å²) >= 11 is 1.03. The average Bonchev–Trinajstić information content (AvgIpc) is 2.18. The molecule has 0 fully saturated rings. The van der Waals surface area contributed by atoms with Crippen LogP contribution in [0.3, 0.4) is 0 Å². The number of thioether (sulfide) groups is 1. The summed E-state index contributed by atoms with van der Waals surface area (Å²) in [6.07, 6.45) is -1.46. The molecule has 0 saturated heterocycles. The van der Waals surface area contributed by atoms with Crippen LogP contribution in [0, 0.1) is 5.92 Å². The summed E-state index contributed by atoms with van der Waals surface area (Å²) in [4.78, 5) is 7.48. The molecule has 0 spiro atoms. The van der Waals surface area contributed by atoms with Crippen molar-refractivity contribution in [3.8, 4) is 0 Å². The molecule has 0 amide bonds. The lowest BCUT2D eigenvalue weighted by Gasteiger charge is -2.17. The van der Waals surface area contributed by atoms with Gasteiger partial charge in [-0.25, -0.2) is 9.97 Å². The van der Waals surface area contributed by atoms with Crippen LogP contribution in [0.25, 0.3) is 0 Å². The van der Waals surface area contributed by atoms with Gasteiger partial charge < -0.3 is 5.73 Å². The standard InChI is InChI=1S/C8H10F3N3S/c9-8(10,11)6(3-12)4-15-7-1-2-13-5-14-7/h1-2,5-6H,3-4,12H2. The average molecular weight is 237 g/mol. The minimum atomic E-state index is -4.24. The second-order valence-corrected chi connectivity index (χ2v) is 3.87. The lowest BCUT2D eigenvalue weighted by molar-refractivity contribution is -0.165. The molecule has 3 nitrogen and oxygen atoms in total. The summed E-state index contributed by atoms with van der Waals surface area (Å²) < 4.78 is 36.9. The van der Waals surface area contributed by atoms with Crippen LogP contribution in [0.4, 0.5) is 13.2 Å². The fourth-order valence-electron chi connectivity index (χ4n) is 0.846. The van der Waals surface area contributed by atoms with E-state index in [1.165, 1.54) is 12.5 Å². The monoisotopic (exact) mass is 237 g/mol. The number of nitrogens with two attached hydrogens (primary N) is 1. The Morgan fingerprint density at radius 3 is 2.67 bits per heavy atom. The molecule has 0 aliphatic heterocycles. The van der Waals surface area contributed by atoms with Gasteiger partial charge in [-0.3, -0.25) is 0 Å². The summed E-state index contributed by atoms with van der Waals surface area (Å²) in [5.74, 6) is -1.60. The highest BCUT2D eigenvalue weighted by atomic mass is 32.2. The number of halogens is 3. The van der Waals surface area contributed by atoms with Gasteiger partial charge in [0.2, 0.25) is 0 Å². The van der Waals surface area contributed by atoms with Gasteiger partial charge in [0.1, 0.15) is 6.33 Å². The highest BCUT2D eigenvalue weighted by Crippen LogP contribution is 2.30. The van der Waals surface area contributed by atoms with Crippen LogP contribution in [0.15, 0.2) is 23.6 Å². The maximum atomic E-state index is 12.3. The Hall–Kier alpha value is -0.820. The van der Waals surface area contributed by atoms with Gasteiger partial charge in [0.05, 0.1) is 10.9 Å². The first-order valence-corrected chi connectivity index (χ1v) is 5.18. The van der Waals surface area contributed by atoms with Gasteiger partial charge in [-0.2, -0.15) is 13.2 Å². The van der Waals surface area contributed by atoms with E-state index in [0.29, 0.717) is 5.03 Å². The highest BCUT2D eigenvalue weighted by Gasteiger charge is 2.38. The van der Waals surface area contributed by atoms with E-state index in [1.54, 1.807) is 6.07 Å². The van der Waals surface area contributed by atoms with Crippen LogP contribution in [-0.4, -0.2) is 28.4 Å². The molecule has 1 rings (SSSR count). The Bertz CT molecular complexity index is 291. The highest BCUT2D eigenvalue weighted by molar-refractivity contribution is 7.99. The number of alkyl halides is 3. The van der Waals surface area contributed by atoms with Gasteiger partial charge >= 0.3 is 6.18 Å². The van der Waals surface area contributed by atoms with Crippen molar-refractivity contribution in [2.24, 2.45) is 11.7 Å². The first-order chi connectivity index (χ1) is 7.04. The molecule has 1 atom stereocenters. The van der Waals surface area contributed by atoms with Gasteiger partial charge in [0.25, 0.3) is 0 Å². The predicted octanol–water partition coefficient (Wildman–Crippen LogP) is 1.71. The number of nitrogens with zero attached hydrogens (tertiary/aromatic N) is 2. The lowest BCUT2D eigenvalue weighted by Crippen LogP contribution is -2.32. The zero-order valence-corrected chi connectivity index (χ0v) is 8.55. The van der Waals surface area contributed by atoms with E-state index in [0.717, 1.165) is 11.8 Å². The molecular weight excluding hydrogens is 227 g/mol. The molecule has 0 aliphatic carbocycles. The van der Waals surface area contributed by atoms with Crippen LogP contribution in [-0.2, 0) is 0 Å². The van der Waals surface area contributed by atoms with Crippen LogP contribution in [0.5, 0.6) is 0 Å². The van der Waals surface area contributed by atoms with Gasteiger partial charge in [-0.05, 0) is 6.07 Å². The maximum Gasteiger partial charge on any atom is 0.393 e. The summed E-state index contributed by atoms with van der Waals surface area (Å²) in [5, 5.41) is 0.521. The molecule has 0 aromatic carbocycles. The molecule has 0 aliphatic rings. The van der Waals surface area contributed by atoms with Gasteiger partial charge in [0.15, 0.2) is 0 Å². The lowest BCUT2D eigenvalue weighted by atomic mass is 10.2. The first kappa shape index (κ1) is 12.3. The van der Waals surface area contributed by atoms with Crippen molar-refractivity contribution in [3.05, 3.63) is 18.6 Å². The number of hydrogen-bond acceptors (Lipinski definition) is 4. The van der Waals surface area contributed by atoms with Crippen LogP contribution in [0.2, 0.25) is 0 Å². The number of rotatable bonds is 4. The van der Waals surface area contributed by atoms with Crippen molar-refractivity contribution in [3.63, 3.8) is 0 Å². The van der Waals surface area contributed by atoms with Crippen molar-refractivity contribution in [1.29, 1.82) is 0 Å². The normalized spacial score (nSPS) is 13.9. The molecule has 0 radical (unpaired) electrons. The smallest absolute Gasteiger partial charge is 0.330 e. The molecular formula is C8H10F3N3S. The summed E-state index contributed by atoms with van der Waals surface area (Å²) in [6.45, 7) is -0.401. The molecule has 0 bridgehead atoms. The Morgan fingerprint density at radius 2 is 2.20 bits per heavy atom. The van der Waals surface area contributed by atoms with Crippen LogP contribution in [0.1, 0.15) is 0 Å². The molecule has 1 aromatic heterocycles. The zero-order valence-electron chi connectivity index (χ0n) is 7.74. The minimum Gasteiger partial charge on any atom is -0.330 e. The second-order valence-electron chi connectivity index (χ2n) is 2.83. The van der Waals surface area contributed by atoms with E-state index in [2.05, 4.69) is 9.97 Å². The van der Waals surface area contributed by atoms with E-state index in [9.17, 15) is 13.2 Å². The third kappa shape index (κ3) is 4.05. The van der Waals surface area contributed by atoms with E-state index in [4.69, 9.17) is 5.73 Å². The van der Waals surface area contributed by atoms with Gasteiger partial charge in [0, 0.05) is 18.5 Å². The largest absolute Gasteiger partial charge is 0.393 e. The second kappa shape index (κ2) is 5.32. The first-order valence-electron chi connectivity index (χ1n) is 4.19. The van der Waals surface area contributed by atoms with Gasteiger partial charge in [-0.15, -0.1) is 11.8 Å². The summed E-state index contributed by atoms with van der Waals surface area (Å²) in [7, 11) is 0. The van der Waals surface area contributed by atoms with Crippen molar-refractivity contribution < 1.29 is 13.2 Å². The van der Waals surface area contributed by atoms with Crippen molar-refractivity contribution in [2.75, 3.05) is 12.3 Å². The third-order valence-electron chi connectivity index (χ3n) is 1.73. The molecule has 1 aromatic rings. The Labute approximate surface area is 89.3 Å². The topological polar surface area (TPSA) is 51.8 Å². The maximum absolute atomic E-state index is 12.3.